The van der Waals surface area contributed by atoms with Crippen LogP contribution in [0.3, 0.4) is 0 Å². The number of halogens is 2. The van der Waals surface area contributed by atoms with E-state index in [0.717, 1.165) is 11.1 Å². The van der Waals surface area contributed by atoms with Gasteiger partial charge in [-0.1, -0.05) is 30.2 Å². The molecule has 1 N–H and O–H groups in total. The maximum absolute atomic E-state index is 13.2. The van der Waals surface area contributed by atoms with Crippen molar-refractivity contribution in [1.29, 1.82) is 0 Å². The predicted octanol–water partition coefficient (Wildman–Crippen LogP) is 3.08. The van der Waals surface area contributed by atoms with Crippen LogP contribution in [0.25, 0.3) is 0 Å². The molecule has 27 heavy (non-hydrogen) atoms. The highest BCUT2D eigenvalue weighted by atomic mass is 32.2. The third-order valence-electron chi connectivity index (χ3n) is 3.47. The molecule has 2 aromatic carbocycles. The van der Waals surface area contributed by atoms with Crippen LogP contribution in [-0.4, -0.2) is 30.8 Å². The number of nitrogens with one attached hydrogen (secondary N) is 1. The molecule has 140 valence electrons. The summed E-state index contributed by atoms with van der Waals surface area (Å²) in [4.78, 5) is 23.3. The van der Waals surface area contributed by atoms with E-state index in [0.29, 0.717) is 0 Å². The molecule has 4 nitrogen and oxygen atoms in total. The normalized spacial score (nSPS) is 10.3. The number of thioether (sulfide) groups is 1. The molecule has 0 aliphatic carbocycles. The molecule has 0 saturated carbocycles. The highest BCUT2D eigenvalue weighted by molar-refractivity contribution is 8.00. The number of carbonyl (C=O) groups is 2. The van der Waals surface area contributed by atoms with Crippen LogP contribution in [0, 0.1) is 24.0 Å². The summed E-state index contributed by atoms with van der Waals surface area (Å²) in [5.41, 5.74) is 1.51. The number of hydrogen-bond acceptors (Lipinski definition) is 4. The fraction of sp³-hybridized carbons (Fsp3) is 0.200. The Balaban J connectivity index is 2.01. The highest BCUT2D eigenvalue weighted by Gasteiger charge is 2.18. The third-order valence-corrected chi connectivity index (χ3v) is 4.75. The van der Waals surface area contributed by atoms with Crippen molar-refractivity contribution in [3.63, 3.8) is 0 Å². The molecule has 0 unspecified atom stereocenters. The van der Waals surface area contributed by atoms with E-state index in [-0.39, 0.29) is 29.2 Å². The van der Waals surface area contributed by atoms with Crippen LogP contribution in [-0.2, 0) is 14.3 Å². The molecule has 0 aliphatic heterocycles. The van der Waals surface area contributed by atoms with E-state index in [1.165, 1.54) is 36.0 Å². The first-order valence-corrected chi connectivity index (χ1v) is 9.03. The largest absolute Gasteiger partial charge is 0.455 e. The lowest BCUT2D eigenvalue weighted by molar-refractivity contribution is -0.145. The minimum Gasteiger partial charge on any atom is -0.455 e. The lowest BCUT2D eigenvalue weighted by Crippen LogP contribution is -2.29. The zero-order valence-electron chi connectivity index (χ0n) is 14.3. The van der Waals surface area contributed by atoms with Gasteiger partial charge in [0, 0.05) is 0 Å². The molecule has 0 fully saturated rings. The Hall–Kier alpha value is -2.85. The summed E-state index contributed by atoms with van der Waals surface area (Å²) in [5, 5.41) is 2.06. The molecule has 2 rings (SSSR count). The van der Waals surface area contributed by atoms with Crippen LogP contribution < -0.4 is 5.32 Å². The molecule has 1 amide bonds. The zero-order valence-corrected chi connectivity index (χ0v) is 15.1. The molecule has 0 heterocycles. The fourth-order valence-corrected chi connectivity index (χ4v) is 3.29. The first-order chi connectivity index (χ1) is 13.0. The summed E-state index contributed by atoms with van der Waals surface area (Å²) >= 11 is 1.23. The van der Waals surface area contributed by atoms with Gasteiger partial charge in [-0.2, -0.15) is 0 Å². The molecular weight excluding hydrogens is 372 g/mol. The first-order valence-electron chi connectivity index (χ1n) is 7.98. The fourth-order valence-electron chi connectivity index (χ4n) is 2.20. The van der Waals surface area contributed by atoms with Gasteiger partial charge >= 0.3 is 5.97 Å². The minimum absolute atomic E-state index is 0.0398. The molecule has 0 atom stereocenters. The van der Waals surface area contributed by atoms with Crippen LogP contribution >= 0.6 is 11.8 Å². The number of rotatable bonds is 8. The van der Waals surface area contributed by atoms with Gasteiger partial charge in [-0.05, 0) is 35.4 Å². The Labute approximate surface area is 160 Å². The van der Waals surface area contributed by atoms with E-state index in [4.69, 9.17) is 11.2 Å². The standard InChI is InChI=1S/C20H17F2NO3S/c1-2-11-23-18(24)12-26-19(25)13-27-20(14-3-7-16(21)8-4-14)15-5-9-17(22)10-6-15/h1,3-10,20H,11-13H2,(H,23,24). The summed E-state index contributed by atoms with van der Waals surface area (Å²) < 4.78 is 31.3. The number of amides is 1. The van der Waals surface area contributed by atoms with Gasteiger partial charge in [0.05, 0.1) is 17.5 Å². The topological polar surface area (TPSA) is 55.4 Å². The number of esters is 1. The second-order valence-electron chi connectivity index (χ2n) is 5.44. The smallest absolute Gasteiger partial charge is 0.316 e. The molecule has 0 radical (unpaired) electrons. The van der Waals surface area contributed by atoms with E-state index in [1.54, 1.807) is 24.3 Å². The second kappa shape index (κ2) is 10.3. The van der Waals surface area contributed by atoms with Crippen LogP contribution in [0.1, 0.15) is 16.4 Å². The van der Waals surface area contributed by atoms with Crippen molar-refractivity contribution in [3.8, 4) is 12.3 Å². The van der Waals surface area contributed by atoms with E-state index < -0.39 is 18.5 Å². The number of hydrogen-bond donors (Lipinski definition) is 1. The third kappa shape index (κ3) is 6.76. The summed E-state index contributed by atoms with van der Waals surface area (Å²) in [7, 11) is 0. The van der Waals surface area contributed by atoms with Gasteiger partial charge in [0.2, 0.25) is 0 Å². The molecule has 0 spiro atoms. The van der Waals surface area contributed by atoms with Gasteiger partial charge in [-0.15, -0.1) is 18.2 Å². The predicted molar refractivity (Wildman–Crippen MR) is 99.9 cm³/mol. The SMILES string of the molecule is C#CCNC(=O)COC(=O)CSC(c1ccc(F)cc1)c1ccc(F)cc1. The quantitative estimate of drug-likeness (QED) is 0.557. The van der Waals surface area contributed by atoms with Crippen LogP contribution in [0.15, 0.2) is 48.5 Å². The van der Waals surface area contributed by atoms with Crippen LogP contribution in [0.2, 0.25) is 0 Å². The molecular formula is C20H17F2NO3S. The Kier molecular flexibility index (Phi) is 7.83. The minimum atomic E-state index is -0.579. The molecule has 0 aliphatic rings. The van der Waals surface area contributed by atoms with E-state index in [9.17, 15) is 18.4 Å². The summed E-state index contributed by atoms with van der Waals surface area (Å²) in [6.07, 6.45) is 5.02. The Bertz CT molecular complexity index is 771. The highest BCUT2D eigenvalue weighted by Crippen LogP contribution is 2.35. The van der Waals surface area contributed by atoms with Crippen molar-refractivity contribution >= 4 is 23.6 Å². The summed E-state index contributed by atoms with van der Waals surface area (Å²) in [5.74, 6) is 0.384. The molecule has 0 bridgehead atoms. The van der Waals surface area contributed by atoms with Crippen molar-refractivity contribution in [2.24, 2.45) is 0 Å². The van der Waals surface area contributed by atoms with Gasteiger partial charge in [0.15, 0.2) is 6.61 Å². The zero-order chi connectivity index (χ0) is 19.6. The number of ether oxygens (including phenoxy) is 1. The summed E-state index contributed by atoms with van der Waals surface area (Å²) in [6.45, 7) is -0.360. The van der Waals surface area contributed by atoms with Crippen molar-refractivity contribution in [2.45, 2.75) is 5.25 Å². The summed E-state index contributed by atoms with van der Waals surface area (Å²) in [6, 6.07) is 11.7. The number of carbonyl (C=O) groups excluding carboxylic acids is 2. The van der Waals surface area contributed by atoms with Gasteiger partial charge in [-0.25, -0.2) is 8.78 Å². The maximum atomic E-state index is 13.2. The molecule has 2 aromatic rings. The van der Waals surface area contributed by atoms with Crippen LogP contribution in [0.4, 0.5) is 8.78 Å². The molecule has 0 aromatic heterocycles. The Morgan fingerprint density at radius 3 is 2.04 bits per heavy atom. The molecule has 0 saturated heterocycles. The number of benzene rings is 2. The van der Waals surface area contributed by atoms with Crippen molar-refractivity contribution in [2.75, 3.05) is 18.9 Å². The number of terminal acetylenes is 1. The average molecular weight is 389 g/mol. The van der Waals surface area contributed by atoms with Crippen molar-refractivity contribution in [3.05, 3.63) is 71.3 Å². The van der Waals surface area contributed by atoms with E-state index in [2.05, 4.69) is 11.2 Å². The van der Waals surface area contributed by atoms with Crippen LogP contribution in [0.5, 0.6) is 0 Å². The Morgan fingerprint density at radius 1 is 1.04 bits per heavy atom. The van der Waals surface area contributed by atoms with Crippen molar-refractivity contribution < 1.29 is 23.1 Å². The molecule has 7 heteroatoms. The van der Waals surface area contributed by atoms with E-state index in [1.807, 2.05) is 0 Å². The van der Waals surface area contributed by atoms with Gasteiger partial charge in [0.1, 0.15) is 11.6 Å². The van der Waals surface area contributed by atoms with E-state index >= 15 is 0 Å². The second-order valence-corrected chi connectivity index (χ2v) is 6.53. The lowest BCUT2D eigenvalue weighted by atomic mass is 10.0. The Morgan fingerprint density at radius 2 is 1.56 bits per heavy atom. The average Bonchev–Trinajstić information content (AvgIpc) is 2.67. The van der Waals surface area contributed by atoms with Gasteiger partial charge in [0.25, 0.3) is 5.91 Å². The van der Waals surface area contributed by atoms with Crippen molar-refractivity contribution in [1.82, 2.24) is 5.32 Å². The van der Waals surface area contributed by atoms with Gasteiger partial charge in [-0.3, -0.25) is 9.59 Å². The van der Waals surface area contributed by atoms with Gasteiger partial charge < -0.3 is 10.1 Å². The monoisotopic (exact) mass is 389 g/mol. The first kappa shape index (κ1) is 20.5. The maximum Gasteiger partial charge on any atom is 0.316 e. The lowest BCUT2D eigenvalue weighted by Gasteiger charge is -2.17.